The number of hydrogen-bond donors (Lipinski definition) is 2. The minimum Gasteiger partial charge on any atom is -0.373 e. The SMILES string of the molecule is Cc1ncc(NC(=O)CN2C[C@@H](C)O[C@H](C)C2)cc1NC(=O)c1cnn2cc(-c3cn(C)nc3C)sc12. The predicted octanol–water partition coefficient (Wildman–Crippen LogP) is 3.11. The third-order valence-corrected chi connectivity index (χ3v) is 7.35. The summed E-state index contributed by atoms with van der Waals surface area (Å²) in [5.41, 5.74) is 4.07. The van der Waals surface area contributed by atoms with Gasteiger partial charge in [0.25, 0.3) is 5.91 Å². The van der Waals surface area contributed by atoms with Crippen LogP contribution >= 0.6 is 11.3 Å². The molecule has 0 radical (unpaired) electrons. The summed E-state index contributed by atoms with van der Waals surface area (Å²) in [4.78, 5) is 34.0. The number of amides is 2. The predicted molar refractivity (Wildman–Crippen MR) is 142 cm³/mol. The molecule has 194 valence electrons. The van der Waals surface area contributed by atoms with Gasteiger partial charge in [0, 0.05) is 38.1 Å². The molecule has 5 rings (SSSR count). The number of aryl methyl sites for hydroxylation is 3. The molecule has 4 aromatic heterocycles. The summed E-state index contributed by atoms with van der Waals surface area (Å²) in [6.45, 7) is 9.44. The van der Waals surface area contributed by atoms with Crippen molar-refractivity contribution in [2.24, 2.45) is 7.05 Å². The van der Waals surface area contributed by atoms with Crippen LogP contribution in [0.5, 0.6) is 0 Å². The molecule has 2 N–H and O–H groups in total. The molecule has 1 aliphatic heterocycles. The van der Waals surface area contributed by atoms with Gasteiger partial charge in [0.15, 0.2) is 0 Å². The van der Waals surface area contributed by atoms with Crippen molar-refractivity contribution in [3.05, 3.63) is 47.8 Å². The first-order valence-electron chi connectivity index (χ1n) is 12.1. The summed E-state index contributed by atoms with van der Waals surface area (Å²) in [5, 5.41) is 14.6. The second-order valence-corrected chi connectivity index (χ2v) is 10.5. The number of ether oxygens (including phenoxy) is 1. The van der Waals surface area contributed by atoms with Crippen LogP contribution in [0.1, 0.15) is 35.6 Å². The van der Waals surface area contributed by atoms with Crippen LogP contribution in [0, 0.1) is 13.8 Å². The molecule has 1 fully saturated rings. The van der Waals surface area contributed by atoms with Gasteiger partial charge in [-0.3, -0.25) is 24.2 Å². The summed E-state index contributed by atoms with van der Waals surface area (Å²) in [6.07, 6.45) is 7.17. The van der Waals surface area contributed by atoms with Gasteiger partial charge in [0.2, 0.25) is 5.91 Å². The monoisotopic (exact) mass is 522 g/mol. The van der Waals surface area contributed by atoms with E-state index in [-0.39, 0.29) is 30.6 Å². The minimum absolute atomic E-state index is 0.0857. The molecule has 0 bridgehead atoms. The smallest absolute Gasteiger partial charge is 0.260 e. The lowest BCUT2D eigenvalue weighted by Crippen LogP contribution is -2.48. The van der Waals surface area contributed by atoms with Gasteiger partial charge >= 0.3 is 0 Å². The summed E-state index contributed by atoms with van der Waals surface area (Å²) in [7, 11) is 1.88. The summed E-state index contributed by atoms with van der Waals surface area (Å²) >= 11 is 1.48. The van der Waals surface area contributed by atoms with E-state index in [1.54, 1.807) is 34.6 Å². The number of fused-ring (bicyclic) bond motifs is 1. The maximum Gasteiger partial charge on any atom is 0.260 e. The highest BCUT2D eigenvalue weighted by atomic mass is 32.1. The third kappa shape index (κ3) is 5.41. The zero-order chi connectivity index (χ0) is 26.3. The van der Waals surface area contributed by atoms with Gasteiger partial charge in [-0.05, 0) is 33.8 Å². The zero-order valence-electron chi connectivity index (χ0n) is 21.5. The summed E-state index contributed by atoms with van der Waals surface area (Å²) < 4.78 is 9.21. The Morgan fingerprint density at radius 1 is 1.11 bits per heavy atom. The molecule has 1 aliphatic rings. The highest BCUT2D eigenvalue weighted by Crippen LogP contribution is 2.32. The fourth-order valence-corrected chi connectivity index (χ4v) is 5.76. The molecule has 12 heteroatoms. The summed E-state index contributed by atoms with van der Waals surface area (Å²) in [6, 6.07) is 1.72. The van der Waals surface area contributed by atoms with Gasteiger partial charge in [-0.15, -0.1) is 11.3 Å². The highest BCUT2D eigenvalue weighted by Gasteiger charge is 2.24. The lowest BCUT2D eigenvalue weighted by molar-refractivity contribution is -0.121. The number of anilines is 2. The number of hydrogen-bond acceptors (Lipinski definition) is 8. The number of nitrogens with zero attached hydrogens (tertiary/aromatic N) is 6. The molecule has 0 saturated carbocycles. The van der Waals surface area contributed by atoms with Crippen molar-refractivity contribution in [1.29, 1.82) is 0 Å². The van der Waals surface area contributed by atoms with Gasteiger partial charge in [-0.25, -0.2) is 4.52 Å². The van der Waals surface area contributed by atoms with Crippen molar-refractivity contribution in [2.75, 3.05) is 30.3 Å². The first-order chi connectivity index (χ1) is 17.7. The highest BCUT2D eigenvalue weighted by molar-refractivity contribution is 7.21. The van der Waals surface area contributed by atoms with E-state index < -0.39 is 0 Å². The van der Waals surface area contributed by atoms with E-state index in [0.717, 1.165) is 21.0 Å². The largest absolute Gasteiger partial charge is 0.373 e. The number of nitrogens with one attached hydrogen (secondary N) is 2. The topological polar surface area (TPSA) is 119 Å². The normalized spacial score (nSPS) is 18.3. The molecule has 0 aromatic carbocycles. The van der Waals surface area contributed by atoms with Gasteiger partial charge in [0.1, 0.15) is 4.83 Å². The molecule has 11 nitrogen and oxygen atoms in total. The van der Waals surface area contributed by atoms with Crippen LogP contribution in [-0.4, -0.2) is 72.9 Å². The van der Waals surface area contributed by atoms with E-state index in [0.29, 0.717) is 35.7 Å². The van der Waals surface area contributed by atoms with Gasteiger partial charge < -0.3 is 15.4 Å². The first-order valence-corrected chi connectivity index (χ1v) is 12.9. The number of carbonyl (C=O) groups is 2. The van der Waals surface area contributed by atoms with Crippen LogP contribution < -0.4 is 10.6 Å². The maximum absolute atomic E-state index is 13.2. The Hall–Kier alpha value is -3.61. The van der Waals surface area contributed by atoms with E-state index in [4.69, 9.17) is 4.74 Å². The van der Waals surface area contributed by atoms with Gasteiger partial charge in [-0.2, -0.15) is 10.2 Å². The Morgan fingerprint density at radius 2 is 1.86 bits per heavy atom. The molecule has 0 aliphatic carbocycles. The minimum atomic E-state index is -0.295. The first kappa shape index (κ1) is 25.1. The second-order valence-electron chi connectivity index (χ2n) is 9.52. The average molecular weight is 523 g/mol. The number of morpholine rings is 1. The maximum atomic E-state index is 13.2. The third-order valence-electron chi connectivity index (χ3n) is 6.20. The van der Waals surface area contributed by atoms with E-state index in [1.165, 1.54) is 11.3 Å². The Kier molecular flexibility index (Phi) is 6.80. The second kappa shape index (κ2) is 10.0. The fourth-order valence-electron chi connectivity index (χ4n) is 4.64. The number of rotatable bonds is 6. The van der Waals surface area contributed by atoms with Crippen LogP contribution in [0.4, 0.5) is 11.4 Å². The number of carbonyl (C=O) groups excluding carboxylic acids is 2. The fraction of sp³-hybridized carbons (Fsp3) is 0.400. The molecule has 0 unspecified atom stereocenters. The van der Waals surface area contributed by atoms with Gasteiger partial charge in [0.05, 0.1) is 64.3 Å². The Morgan fingerprint density at radius 3 is 2.57 bits per heavy atom. The Labute approximate surface area is 218 Å². The average Bonchev–Trinajstić information content (AvgIpc) is 3.48. The van der Waals surface area contributed by atoms with Crippen molar-refractivity contribution >= 4 is 39.4 Å². The molecule has 37 heavy (non-hydrogen) atoms. The van der Waals surface area contributed by atoms with Crippen LogP contribution in [-0.2, 0) is 16.6 Å². The van der Waals surface area contributed by atoms with Crippen molar-refractivity contribution in [2.45, 2.75) is 39.9 Å². The van der Waals surface area contributed by atoms with Crippen molar-refractivity contribution in [1.82, 2.24) is 29.3 Å². The summed E-state index contributed by atoms with van der Waals surface area (Å²) in [5.74, 6) is -0.435. The number of thiazole rings is 1. The van der Waals surface area contributed by atoms with Crippen LogP contribution in [0.2, 0.25) is 0 Å². The van der Waals surface area contributed by atoms with Crippen molar-refractivity contribution in [3.63, 3.8) is 0 Å². The molecule has 2 amide bonds. The molecule has 4 aromatic rings. The van der Waals surface area contributed by atoms with Crippen LogP contribution in [0.15, 0.2) is 30.9 Å². The molecule has 2 atom stereocenters. The van der Waals surface area contributed by atoms with Crippen molar-refractivity contribution in [3.8, 4) is 10.4 Å². The molecule has 0 spiro atoms. The quantitative estimate of drug-likeness (QED) is 0.399. The molecular formula is C25H30N8O3S. The number of pyridine rings is 1. The van der Waals surface area contributed by atoms with Crippen molar-refractivity contribution < 1.29 is 14.3 Å². The van der Waals surface area contributed by atoms with E-state index in [1.807, 2.05) is 40.2 Å². The molecular weight excluding hydrogens is 492 g/mol. The number of aromatic nitrogens is 5. The zero-order valence-corrected chi connectivity index (χ0v) is 22.3. The van der Waals surface area contributed by atoms with Gasteiger partial charge in [-0.1, -0.05) is 0 Å². The lowest BCUT2D eigenvalue weighted by atomic mass is 10.2. The van der Waals surface area contributed by atoms with Crippen LogP contribution in [0.3, 0.4) is 0 Å². The van der Waals surface area contributed by atoms with E-state index >= 15 is 0 Å². The lowest BCUT2D eigenvalue weighted by Gasteiger charge is -2.34. The standard InChI is InChI=1S/C25H30N8O3S/c1-14-9-32(10-15(2)36-14)13-23(34)28-18-6-21(17(4)26-7-18)29-24(35)19-8-27-33-12-22(37-25(19)33)20-11-31(5)30-16(20)3/h6-8,11-12,14-15H,9-10,13H2,1-5H3,(H,28,34)(H,29,35)/t14-,15-/m1/s1. The van der Waals surface area contributed by atoms with E-state index in [9.17, 15) is 9.59 Å². The van der Waals surface area contributed by atoms with Crippen LogP contribution in [0.25, 0.3) is 15.3 Å². The molecule has 1 saturated heterocycles. The molecule has 5 heterocycles. The van der Waals surface area contributed by atoms with E-state index in [2.05, 4.69) is 30.7 Å². The Bertz CT molecular complexity index is 1460. The Balaban J connectivity index is 1.29.